The lowest BCUT2D eigenvalue weighted by molar-refractivity contribution is -0.112. The fraction of sp³-hybridized carbons (Fsp3) is 0.241. The van der Waals surface area contributed by atoms with Gasteiger partial charge in [-0.05, 0) is 61.1 Å². The molecule has 186 valence electrons. The third kappa shape index (κ3) is 3.85. The first-order valence-electron chi connectivity index (χ1n) is 12.4. The summed E-state index contributed by atoms with van der Waals surface area (Å²) in [7, 11) is 1.95. The number of rotatable bonds is 5. The number of aryl methyl sites for hydroxylation is 1. The van der Waals surface area contributed by atoms with Crippen molar-refractivity contribution >= 4 is 34.4 Å². The summed E-state index contributed by atoms with van der Waals surface area (Å²) in [5.74, 6) is 0.973. The number of aromatic nitrogens is 3. The Labute approximate surface area is 214 Å². The Balaban J connectivity index is 1.41. The first kappa shape index (κ1) is 23.0. The van der Waals surface area contributed by atoms with E-state index in [2.05, 4.69) is 21.9 Å². The standard InChI is InChI=1S/C29H28N6O2/c1-16(2)28(36)33-21-10-8-18(9-11-21)25-23(24-26(30)31-15-32-27(24)34(25)3)17-4-6-19(7-5-17)29(37)35-13-12-20-14-22(20)35/h4-11,15,20,22H,1,12-14H2,2-3H3,(H,33,36)(H2,30,31,32). The molecule has 2 amide bonds. The van der Waals surface area contributed by atoms with Crippen LogP contribution in [0, 0.1) is 5.92 Å². The first-order chi connectivity index (χ1) is 17.8. The molecule has 6 rings (SSSR count). The highest BCUT2D eigenvalue weighted by Gasteiger charge is 2.48. The van der Waals surface area contributed by atoms with E-state index >= 15 is 0 Å². The molecule has 8 heteroatoms. The van der Waals surface area contributed by atoms with Crippen LogP contribution in [0.5, 0.6) is 0 Å². The average molecular weight is 493 g/mol. The summed E-state index contributed by atoms with van der Waals surface area (Å²) in [6, 6.07) is 15.8. The molecule has 0 spiro atoms. The summed E-state index contributed by atoms with van der Waals surface area (Å²) >= 11 is 0. The maximum Gasteiger partial charge on any atom is 0.254 e. The second kappa shape index (κ2) is 8.58. The predicted octanol–water partition coefficient (Wildman–Crippen LogP) is 4.63. The lowest BCUT2D eigenvalue weighted by Gasteiger charge is -2.18. The van der Waals surface area contributed by atoms with Crippen molar-refractivity contribution in [3.8, 4) is 22.4 Å². The van der Waals surface area contributed by atoms with Crippen LogP contribution in [-0.2, 0) is 11.8 Å². The van der Waals surface area contributed by atoms with Crippen molar-refractivity contribution < 1.29 is 9.59 Å². The minimum atomic E-state index is -0.220. The number of carbonyl (C=O) groups is 2. The normalized spacial score (nSPS) is 18.1. The summed E-state index contributed by atoms with van der Waals surface area (Å²) < 4.78 is 2.00. The van der Waals surface area contributed by atoms with Gasteiger partial charge in [0.1, 0.15) is 17.8 Å². The number of nitrogen functional groups attached to an aromatic ring is 1. The number of fused-ring (bicyclic) bond motifs is 2. The molecular weight excluding hydrogens is 464 g/mol. The van der Waals surface area contributed by atoms with Crippen molar-refractivity contribution in [3.05, 3.63) is 72.6 Å². The quantitative estimate of drug-likeness (QED) is 0.395. The molecule has 0 radical (unpaired) electrons. The zero-order chi connectivity index (χ0) is 25.8. The van der Waals surface area contributed by atoms with Crippen LogP contribution in [0.1, 0.15) is 30.1 Å². The highest BCUT2D eigenvalue weighted by atomic mass is 16.2. The molecule has 3 N–H and O–H groups in total. The number of likely N-dealkylation sites (tertiary alicyclic amines) is 1. The number of amides is 2. The number of anilines is 2. The zero-order valence-corrected chi connectivity index (χ0v) is 20.9. The van der Waals surface area contributed by atoms with Crippen molar-refractivity contribution in [2.45, 2.75) is 25.8 Å². The van der Waals surface area contributed by atoms with Gasteiger partial charge in [-0.3, -0.25) is 9.59 Å². The van der Waals surface area contributed by atoms with E-state index in [0.29, 0.717) is 40.2 Å². The number of carbonyl (C=O) groups excluding carboxylic acids is 2. The smallest absolute Gasteiger partial charge is 0.254 e. The molecule has 1 aliphatic heterocycles. The number of benzene rings is 2. The van der Waals surface area contributed by atoms with Crippen LogP contribution in [0.4, 0.5) is 11.5 Å². The second-order valence-electron chi connectivity index (χ2n) is 9.98. The summed E-state index contributed by atoms with van der Waals surface area (Å²) in [5, 5.41) is 3.60. The van der Waals surface area contributed by atoms with Crippen LogP contribution in [0.3, 0.4) is 0 Å². The molecule has 1 saturated heterocycles. The molecule has 3 heterocycles. The van der Waals surface area contributed by atoms with Gasteiger partial charge >= 0.3 is 0 Å². The fourth-order valence-electron chi connectivity index (χ4n) is 5.44. The Hall–Kier alpha value is -4.46. The average Bonchev–Trinajstić information content (AvgIpc) is 3.45. The van der Waals surface area contributed by atoms with Crippen molar-refractivity contribution in [3.63, 3.8) is 0 Å². The molecule has 37 heavy (non-hydrogen) atoms. The van der Waals surface area contributed by atoms with E-state index in [1.807, 2.05) is 65.0 Å². The fourth-order valence-corrected chi connectivity index (χ4v) is 5.44. The Bertz CT molecular complexity index is 1570. The third-order valence-corrected chi connectivity index (χ3v) is 7.51. The predicted molar refractivity (Wildman–Crippen MR) is 145 cm³/mol. The molecule has 2 unspecified atom stereocenters. The van der Waals surface area contributed by atoms with Gasteiger partial charge in [-0.15, -0.1) is 0 Å². The molecule has 1 saturated carbocycles. The maximum absolute atomic E-state index is 13.1. The van der Waals surface area contributed by atoms with Crippen molar-refractivity contribution in [2.24, 2.45) is 13.0 Å². The van der Waals surface area contributed by atoms with E-state index < -0.39 is 0 Å². The summed E-state index contributed by atoms with van der Waals surface area (Å²) in [5.41, 5.74) is 12.6. The molecule has 1 aliphatic carbocycles. The van der Waals surface area contributed by atoms with Crippen molar-refractivity contribution in [1.29, 1.82) is 0 Å². The number of hydrogen-bond donors (Lipinski definition) is 2. The Morgan fingerprint density at radius 1 is 1.05 bits per heavy atom. The number of nitrogens with two attached hydrogens (primary N) is 1. The first-order valence-corrected chi connectivity index (χ1v) is 12.4. The van der Waals surface area contributed by atoms with Gasteiger partial charge < -0.3 is 20.5 Å². The lowest BCUT2D eigenvalue weighted by Crippen LogP contribution is -2.30. The van der Waals surface area contributed by atoms with Gasteiger partial charge in [0.05, 0.1) is 11.1 Å². The van der Waals surface area contributed by atoms with E-state index in [1.165, 1.54) is 6.33 Å². The summed E-state index contributed by atoms with van der Waals surface area (Å²) in [6.45, 7) is 6.20. The monoisotopic (exact) mass is 492 g/mol. The molecule has 2 atom stereocenters. The van der Waals surface area contributed by atoms with Gasteiger partial charge in [0.15, 0.2) is 0 Å². The summed E-state index contributed by atoms with van der Waals surface area (Å²) in [6.07, 6.45) is 3.71. The molecular formula is C29H28N6O2. The summed E-state index contributed by atoms with van der Waals surface area (Å²) in [4.78, 5) is 35.9. The Morgan fingerprint density at radius 3 is 2.38 bits per heavy atom. The van der Waals surface area contributed by atoms with Crippen LogP contribution in [0.15, 0.2) is 67.0 Å². The number of nitrogens with one attached hydrogen (secondary N) is 1. The van der Waals surface area contributed by atoms with Crippen LogP contribution in [0.2, 0.25) is 0 Å². The Kier molecular flexibility index (Phi) is 5.33. The SMILES string of the molecule is C=C(C)C(=O)Nc1ccc(-c2c(-c3ccc(C(=O)N4CCC5CC54)cc3)c3c(N)ncnc3n2C)cc1. The number of nitrogens with zero attached hydrogens (tertiary/aromatic N) is 4. The third-order valence-electron chi connectivity index (χ3n) is 7.51. The van der Waals surface area contributed by atoms with E-state index in [1.54, 1.807) is 6.92 Å². The topological polar surface area (TPSA) is 106 Å². The van der Waals surface area contributed by atoms with Gasteiger partial charge in [-0.1, -0.05) is 30.8 Å². The van der Waals surface area contributed by atoms with Crippen LogP contribution >= 0.6 is 0 Å². The van der Waals surface area contributed by atoms with Crippen molar-refractivity contribution in [2.75, 3.05) is 17.6 Å². The molecule has 2 aromatic heterocycles. The molecule has 2 fully saturated rings. The van der Waals surface area contributed by atoms with Crippen LogP contribution in [0.25, 0.3) is 33.4 Å². The van der Waals surface area contributed by atoms with E-state index in [9.17, 15) is 9.59 Å². The molecule has 8 nitrogen and oxygen atoms in total. The van der Waals surface area contributed by atoms with Gasteiger partial charge in [-0.25, -0.2) is 9.97 Å². The van der Waals surface area contributed by atoms with Gasteiger partial charge in [0.2, 0.25) is 0 Å². The molecule has 2 aliphatic rings. The molecule has 0 bridgehead atoms. The van der Waals surface area contributed by atoms with Gasteiger partial charge in [0.25, 0.3) is 11.8 Å². The number of piperidine rings is 1. The van der Waals surface area contributed by atoms with Gasteiger partial charge in [-0.2, -0.15) is 0 Å². The van der Waals surface area contributed by atoms with E-state index in [4.69, 9.17) is 5.73 Å². The zero-order valence-electron chi connectivity index (χ0n) is 20.9. The highest BCUT2D eigenvalue weighted by Crippen LogP contribution is 2.45. The molecule has 2 aromatic carbocycles. The Morgan fingerprint density at radius 2 is 1.76 bits per heavy atom. The molecule has 4 aromatic rings. The minimum Gasteiger partial charge on any atom is -0.383 e. The van der Waals surface area contributed by atoms with Crippen molar-refractivity contribution in [1.82, 2.24) is 19.4 Å². The largest absolute Gasteiger partial charge is 0.383 e. The van der Waals surface area contributed by atoms with Crippen LogP contribution < -0.4 is 11.1 Å². The van der Waals surface area contributed by atoms with Crippen LogP contribution in [-0.4, -0.2) is 43.8 Å². The second-order valence-corrected chi connectivity index (χ2v) is 9.98. The maximum atomic E-state index is 13.1. The van der Waals surface area contributed by atoms with E-state index in [-0.39, 0.29) is 11.8 Å². The minimum absolute atomic E-state index is 0.102. The van der Waals surface area contributed by atoms with Gasteiger partial charge in [0, 0.05) is 42.0 Å². The van der Waals surface area contributed by atoms with E-state index in [0.717, 1.165) is 47.2 Å². The lowest BCUT2D eigenvalue weighted by atomic mass is 9.97. The number of hydrogen-bond acceptors (Lipinski definition) is 5. The highest BCUT2D eigenvalue weighted by molar-refractivity contribution is 6.08.